The number of fused-ring (bicyclic) bond motifs is 2. The Morgan fingerprint density at radius 1 is 0.583 bits per heavy atom. The summed E-state index contributed by atoms with van der Waals surface area (Å²) in [6.45, 7) is 7.19. The molecular weight excluding hydrogens is 570 g/mol. The van der Waals surface area contributed by atoms with Crippen molar-refractivity contribution in [2.45, 2.75) is 57.3 Å². The van der Waals surface area contributed by atoms with Gasteiger partial charge in [-0.05, 0) is 132 Å². The number of rotatable bonds is 4. The van der Waals surface area contributed by atoms with E-state index in [-0.39, 0.29) is 0 Å². The van der Waals surface area contributed by atoms with Crippen LogP contribution in [-0.4, -0.2) is 0 Å². The molecule has 0 unspecified atom stereocenters. The van der Waals surface area contributed by atoms with Crippen LogP contribution in [0.3, 0.4) is 0 Å². The van der Waals surface area contributed by atoms with Crippen LogP contribution in [0.15, 0.2) is 93.9 Å². The van der Waals surface area contributed by atoms with E-state index in [0.717, 1.165) is 20.3 Å². The first-order valence-corrected chi connectivity index (χ1v) is 14.4. The van der Waals surface area contributed by atoms with E-state index >= 15 is 0 Å². The van der Waals surface area contributed by atoms with E-state index in [1.807, 2.05) is 0 Å². The Hall–Kier alpha value is -2.36. The van der Waals surface area contributed by atoms with Crippen LogP contribution >= 0.6 is 31.9 Å². The number of aryl methyl sites for hydroxylation is 1. The van der Waals surface area contributed by atoms with Crippen LogP contribution in [-0.2, 0) is 10.8 Å². The zero-order valence-electron chi connectivity index (χ0n) is 21.1. The van der Waals surface area contributed by atoms with Crippen molar-refractivity contribution in [2.75, 3.05) is 4.90 Å². The third kappa shape index (κ3) is 4.05. The van der Waals surface area contributed by atoms with Crippen molar-refractivity contribution in [1.29, 1.82) is 0 Å². The predicted octanol–water partition coefficient (Wildman–Crippen LogP) is 10.8. The lowest BCUT2D eigenvalue weighted by molar-refractivity contribution is 0.188. The average Bonchev–Trinajstić information content (AvgIpc) is 2.88. The molecule has 3 aliphatic rings. The molecule has 0 N–H and O–H groups in total. The van der Waals surface area contributed by atoms with E-state index in [1.165, 1.54) is 48.1 Å². The number of anilines is 3. The van der Waals surface area contributed by atoms with Gasteiger partial charge in [-0.25, -0.2) is 0 Å². The fourth-order valence-corrected chi connectivity index (χ4v) is 6.86. The summed E-state index contributed by atoms with van der Waals surface area (Å²) in [4.78, 5) is 2.34. The van der Waals surface area contributed by atoms with Gasteiger partial charge in [0.1, 0.15) is 0 Å². The van der Waals surface area contributed by atoms with Crippen LogP contribution in [0.25, 0.3) is 11.1 Å². The first-order chi connectivity index (χ1) is 17.3. The van der Waals surface area contributed by atoms with Crippen molar-refractivity contribution in [3.05, 3.63) is 111 Å². The summed E-state index contributed by atoms with van der Waals surface area (Å²) in [7, 11) is 0. The molecule has 3 aliphatic carbocycles. The molecule has 0 aromatic heterocycles. The van der Waals surface area contributed by atoms with Crippen LogP contribution in [0.4, 0.5) is 17.1 Å². The van der Waals surface area contributed by atoms with E-state index in [2.05, 4.69) is 142 Å². The summed E-state index contributed by atoms with van der Waals surface area (Å²) in [5.74, 6) is 0. The van der Waals surface area contributed by atoms with Crippen molar-refractivity contribution < 1.29 is 0 Å². The molecule has 0 amide bonds. The molecule has 0 radical (unpaired) electrons. The maximum absolute atomic E-state index is 3.59. The van der Waals surface area contributed by atoms with Gasteiger partial charge in [0.25, 0.3) is 0 Å². The number of halogens is 2. The van der Waals surface area contributed by atoms with Gasteiger partial charge in [0.05, 0.1) is 0 Å². The molecule has 4 aromatic carbocycles. The minimum Gasteiger partial charge on any atom is -0.310 e. The Morgan fingerprint density at radius 3 is 1.58 bits per heavy atom. The van der Waals surface area contributed by atoms with Gasteiger partial charge < -0.3 is 4.90 Å². The van der Waals surface area contributed by atoms with Gasteiger partial charge in [-0.1, -0.05) is 70.0 Å². The van der Waals surface area contributed by atoms with Crippen LogP contribution in [0.1, 0.15) is 56.2 Å². The van der Waals surface area contributed by atoms with Gasteiger partial charge in [0.2, 0.25) is 0 Å². The van der Waals surface area contributed by atoms with E-state index in [9.17, 15) is 0 Å². The highest BCUT2D eigenvalue weighted by molar-refractivity contribution is 9.10. The summed E-state index contributed by atoms with van der Waals surface area (Å²) < 4.78 is 2.16. The van der Waals surface area contributed by atoms with E-state index in [0.29, 0.717) is 10.8 Å². The second-order valence-corrected chi connectivity index (χ2v) is 13.0. The average molecular weight is 601 g/mol. The molecule has 3 heteroatoms. The SMILES string of the molecule is Cc1cc(-c2ccc3c(c2)C2(C)CCC3(C)CC2)ccc1N(c1ccc(Br)cc1)c1ccc(Br)cc1. The molecule has 0 heterocycles. The molecule has 0 spiro atoms. The van der Waals surface area contributed by atoms with Crippen molar-refractivity contribution in [3.63, 3.8) is 0 Å². The molecule has 0 atom stereocenters. The highest BCUT2D eigenvalue weighted by Gasteiger charge is 2.47. The standard InChI is InChI=1S/C33H31Br2N/c1-22-20-23(24-4-14-29-30(21-24)33(3)18-16-32(29,2)17-19-33)5-15-31(22)36(27-10-6-25(34)7-11-27)28-12-8-26(35)9-13-28/h4-15,20-21H,16-19H2,1-3H3. The van der Waals surface area contributed by atoms with Crippen molar-refractivity contribution >= 4 is 48.9 Å². The third-order valence-electron chi connectivity index (χ3n) is 8.72. The summed E-state index contributed by atoms with van der Waals surface area (Å²) in [5.41, 5.74) is 11.2. The second kappa shape index (κ2) is 8.89. The topological polar surface area (TPSA) is 3.24 Å². The summed E-state index contributed by atoms with van der Waals surface area (Å²) in [5, 5.41) is 0. The van der Waals surface area contributed by atoms with Gasteiger partial charge in [-0.3, -0.25) is 0 Å². The zero-order valence-corrected chi connectivity index (χ0v) is 24.3. The molecule has 36 heavy (non-hydrogen) atoms. The summed E-state index contributed by atoms with van der Waals surface area (Å²) >= 11 is 7.17. The monoisotopic (exact) mass is 599 g/mol. The van der Waals surface area contributed by atoms with Crippen molar-refractivity contribution in [3.8, 4) is 11.1 Å². The van der Waals surface area contributed by atoms with Crippen LogP contribution in [0.2, 0.25) is 0 Å². The zero-order chi connectivity index (χ0) is 25.1. The van der Waals surface area contributed by atoms with E-state index in [4.69, 9.17) is 0 Å². The Morgan fingerprint density at radius 2 is 1.06 bits per heavy atom. The Labute approximate surface area is 231 Å². The lowest BCUT2D eigenvalue weighted by Crippen LogP contribution is -2.44. The van der Waals surface area contributed by atoms with Gasteiger partial charge >= 0.3 is 0 Å². The van der Waals surface area contributed by atoms with Crippen LogP contribution in [0.5, 0.6) is 0 Å². The number of nitrogens with zero attached hydrogens (tertiary/aromatic N) is 1. The normalized spacial score (nSPS) is 22.4. The highest BCUT2D eigenvalue weighted by Crippen LogP contribution is 2.56. The maximum Gasteiger partial charge on any atom is 0.0491 e. The van der Waals surface area contributed by atoms with Crippen molar-refractivity contribution in [2.24, 2.45) is 0 Å². The molecule has 1 saturated carbocycles. The largest absolute Gasteiger partial charge is 0.310 e. The highest BCUT2D eigenvalue weighted by atomic mass is 79.9. The predicted molar refractivity (Wildman–Crippen MR) is 160 cm³/mol. The quantitative estimate of drug-likeness (QED) is 0.225. The van der Waals surface area contributed by atoms with E-state index in [1.54, 1.807) is 11.1 Å². The smallest absolute Gasteiger partial charge is 0.0491 e. The summed E-state index contributed by atoms with van der Waals surface area (Å²) in [6.07, 6.45) is 5.28. The molecule has 182 valence electrons. The Kier molecular flexibility index (Phi) is 5.92. The Balaban J connectivity index is 1.42. The molecule has 2 bridgehead atoms. The summed E-state index contributed by atoms with van der Waals surface area (Å²) in [6, 6.07) is 31.3. The minimum absolute atomic E-state index is 0.331. The first kappa shape index (κ1) is 24.0. The van der Waals surface area contributed by atoms with Gasteiger partial charge in [0, 0.05) is 26.0 Å². The van der Waals surface area contributed by atoms with Crippen molar-refractivity contribution in [1.82, 2.24) is 0 Å². The lowest BCUT2D eigenvalue weighted by atomic mass is 9.52. The fraction of sp³-hybridized carbons (Fsp3) is 0.273. The van der Waals surface area contributed by atoms with Crippen LogP contribution < -0.4 is 4.90 Å². The first-order valence-electron chi connectivity index (χ1n) is 12.8. The van der Waals surface area contributed by atoms with Gasteiger partial charge in [-0.2, -0.15) is 0 Å². The minimum atomic E-state index is 0.331. The second-order valence-electron chi connectivity index (χ2n) is 11.2. The van der Waals surface area contributed by atoms with E-state index < -0.39 is 0 Å². The molecular formula is C33H31Br2N. The van der Waals surface area contributed by atoms with Crippen LogP contribution in [0, 0.1) is 6.92 Å². The molecule has 1 fully saturated rings. The molecule has 0 aliphatic heterocycles. The number of hydrogen-bond acceptors (Lipinski definition) is 1. The number of hydrogen-bond donors (Lipinski definition) is 0. The molecule has 0 saturated heterocycles. The van der Waals surface area contributed by atoms with Gasteiger partial charge in [0.15, 0.2) is 0 Å². The number of benzene rings is 4. The molecule has 4 aromatic rings. The molecule has 1 nitrogen and oxygen atoms in total. The third-order valence-corrected chi connectivity index (χ3v) is 9.78. The molecule has 7 rings (SSSR count). The van der Waals surface area contributed by atoms with Gasteiger partial charge in [-0.15, -0.1) is 0 Å². The lowest BCUT2D eigenvalue weighted by Gasteiger charge is -2.52. The maximum atomic E-state index is 3.59. The fourth-order valence-electron chi connectivity index (χ4n) is 6.34. The Bertz CT molecular complexity index is 1380.